The number of nitrogens with zero attached hydrogens (tertiary/aromatic N) is 2. The molecule has 7 heteroatoms. The first-order chi connectivity index (χ1) is 9.90. The van der Waals surface area contributed by atoms with Gasteiger partial charge in [0.2, 0.25) is 0 Å². The lowest BCUT2D eigenvalue weighted by molar-refractivity contribution is 0.102. The van der Waals surface area contributed by atoms with Gasteiger partial charge in [-0.3, -0.25) is 4.79 Å². The zero-order valence-corrected chi connectivity index (χ0v) is 12.5. The minimum Gasteiger partial charge on any atom is -0.321 e. The Bertz CT molecular complexity index is 755. The summed E-state index contributed by atoms with van der Waals surface area (Å²) in [7, 11) is -3.24. The fourth-order valence-electron chi connectivity index (χ4n) is 1.70. The maximum Gasteiger partial charge on any atom is 0.274 e. The summed E-state index contributed by atoms with van der Waals surface area (Å²) in [5.74, 6) is -0.362. The predicted octanol–water partition coefficient (Wildman–Crippen LogP) is 1.69. The number of amides is 1. The van der Waals surface area contributed by atoms with E-state index in [4.69, 9.17) is 0 Å². The van der Waals surface area contributed by atoms with Crippen molar-refractivity contribution in [3.05, 3.63) is 48.0 Å². The van der Waals surface area contributed by atoms with Gasteiger partial charge in [0, 0.05) is 17.6 Å². The van der Waals surface area contributed by atoms with Crippen molar-refractivity contribution < 1.29 is 13.2 Å². The maximum atomic E-state index is 12.0. The molecule has 1 aromatic heterocycles. The Labute approximate surface area is 123 Å². The summed E-state index contributed by atoms with van der Waals surface area (Å²) in [4.78, 5) is 20.2. The molecular formula is C14H15N3O3S. The van der Waals surface area contributed by atoms with Gasteiger partial charge in [0.25, 0.3) is 5.91 Å². The Hall–Kier alpha value is -2.28. The smallest absolute Gasteiger partial charge is 0.274 e. The highest BCUT2D eigenvalue weighted by Crippen LogP contribution is 2.14. The predicted molar refractivity (Wildman–Crippen MR) is 78.9 cm³/mol. The van der Waals surface area contributed by atoms with Crippen LogP contribution in [-0.2, 0) is 16.3 Å². The van der Waals surface area contributed by atoms with Crippen LogP contribution >= 0.6 is 0 Å². The molecule has 1 amide bonds. The number of hydrogen-bond donors (Lipinski definition) is 1. The third-order valence-electron chi connectivity index (χ3n) is 2.86. The van der Waals surface area contributed by atoms with Crippen molar-refractivity contribution in [2.75, 3.05) is 11.6 Å². The van der Waals surface area contributed by atoms with Crippen LogP contribution < -0.4 is 5.32 Å². The van der Waals surface area contributed by atoms with Gasteiger partial charge in [-0.2, -0.15) is 0 Å². The van der Waals surface area contributed by atoms with Gasteiger partial charge in [0.05, 0.1) is 4.90 Å². The highest BCUT2D eigenvalue weighted by atomic mass is 32.2. The number of rotatable bonds is 4. The lowest BCUT2D eigenvalue weighted by atomic mass is 10.2. The number of aromatic nitrogens is 2. The van der Waals surface area contributed by atoms with Crippen molar-refractivity contribution in [1.29, 1.82) is 0 Å². The summed E-state index contributed by atoms with van der Waals surface area (Å²) in [5, 5.41) is 2.66. The van der Waals surface area contributed by atoms with E-state index in [2.05, 4.69) is 15.3 Å². The van der Waals surface area contributed by atoms with E-state index in [0.29, 0.717) is 12.1 Å². The highest BCUT2D eigenvalue weighted by molar-refractivity contribution is 7.90. The van der Waals surface area contributed by atoms with Gasteiger partial charge >= 0.3 is 0 Å². The third kappa shape index (κ3) is 3.85. The van der Waals surface area contributed by atoms with Gasteiger partial charge in [-0.25, -0.2) is 18.4 Å². The second kappa shape index (κ2) is 6.01. The first kappa shape index (κ1) is 15.1. The molecule has 0 radical (unpaired) electrons. The largest absolute Gasteiger partial charge is 0.321 e. The topological polar surface area (TPSA) is 89.0 Å². The molecule has 0 bridgehead atoms. The van der Waals surface area contributed by atoms with E-state index in [0.717, 1.165) is 11.9 Å². The molecule has 110 valence electrons. The van der Waals surface area contributed by atoms with Crippen LogP contribution in [0.1, 0.15) is 23.1 Å². The first-order valence-corrected chi connectivity index (χ1v) is 8.21. The number of aryl methyl sites for hydroxylation is 1. The Kier molecular flexibility index (Phi) is 4.32. The minimum atomic E-state index is -3.24. The Balaban J connectivity index is 2.16. The van der Waals surface area contributed by atoms with E-state index in [-0.39, 0.29) is 16.5 Å². The standard InChI is InChI=1S/C14H15N3O3S/c1-3-10-8-13(16-9-15-10)14(18)17-11-4-6-12(7-5-11)21(2,19)20/h4-9H,3H2,1-2H3,(H,17,18). The van der Waals surface area contributed by atoms with Crippen molar-refractivity contribution in [2.24, 2.45) is 0 Å². The van der Waals surface area contributed by atoms with Crippen LogP contribution in [0.4, 0.5) is 5.69 Å². The Morgan fingerprint density at radius 1 is 1.19 bits per heavy atom. The second-order valence-corrected chi connectivity index (χ2v) is 6.51. The summed E-state index contributed by atoms with van der Waals surface area (Å²) >= 11 is 0. The summed E-state index contributed by atoms with van der Waals surface area (Å²) in [5.41, 5.74) is 1.56. The number of carbonyl (C=O) groups excluding carboxylic acids is 1. The molecule has 0 saturated carbocycles. The quantitative estimate of drug-likeness (QED) is 0.928. The van der Waals surface area contributed by atoms with Crippen molar-refractivity contribution in [3.8, 4) is 0 Å². The van der Waals surface area contributed by atoms with Gasteiger partial charge in [-0.15, -0.1) is 0 Å². The number of nitrogens with one attached hydrogen (secondary N) is 1. The van der Waals surface area contributed by atoms with Gasteiger partial charge in [0.1, 0.15) is 12.0 Å². The molecule has 0 aliphatic heterocycles. The summed E-state index contributed by atoms with van der Waals surface area (Å²) in [6.07, 6.45) is 3.19. The normalized spacial score (nSPS) is 11.1. The lowest BCUT2D eigenvalue weighted by Gasteiger charge is -2.06. The third-order valence-corrected chi connectivity index (χ3v) is 3.99. The van der Waals surface area contributed by atoms with Crippen molar-refractivity contribution in [1.82, 2.24) is 9.97 Å². The fourth-order valence-corrected chi connectivity index (χ4v) is 2.33. The van der Waals surface area contributed by atoms with Gasteiger partial charge < -0.3 is 5.32 Å². The van der Waals surface area contributed by atoms with Crippen molar-refractivity contribution in [2.45, 2.75) is 18.2 Å². The van der Waals surface area contributed by atoms with E-state index in [9.17, 15) is 13.2 Å². The molecule has 1 N–H and O–H groups in total. The zero-order valence-electron chi connectivity index (χ0n) is 11.7. The van der Waals surface area contributed by atoms with Gasteiger partial charge in [-0.05, 0) is 36.8 Å². The van der Waals surface area contributed by atoms with E-state index in [1.807, 2.05) is 6.92 Å². The van der Waals surface area contributed by atoms with Crippen LogP contribution in [0.25, 0.3) is 0 Å². The SMILES string of the molecule is CCc1cc(C(=O)Nc2ccc(S(C)(=O)=O)cc2)ncn1. The Morgan fingerprint density at radius 3 is 2.43 bits per heavy atom. The first-order valence-electron chi connectivity index (χ1n) is 6.32. The molecule has 0 spiro atoms. The molecular weight excluding hydrogens is 290 g/mol. The van der Waals surface area contributed by atoms with E-state index >= 15 is 0 Å². The van der Waals surface area contributed by atoms with Crippen molar-refractivity contribution in [3.63, 3.8) is 0 Å². The number of carbonyl (C=O) groups is 1. The molecule has 0 atom stereocenters. The van der Waals surface area contributed by atoms with Crippen LogP contribution in [0.2, 0.25) is 0 Å². The molecule has 0 fully saturated rings. The van der Waals surface area contributed by atoms with Gasteiger partial charge in [-0.1, -0.05) is 6.92 Å². The lowest BCUT2D eigenvalue weighted by Crippen LogP contribution is -2.14. The zero-order chi connectivity index (χ0) is 15.5. The molecule has 0 aliphatic carbocycles. The molecule has 6 nitrogen and oxygen atoms in total. The molecule has 0 unspecified atom stereocenters. The highest BCUT2D eigenvalue weighted by Gasteiger charge is 2.10. The Morgan fingerprint density at radius 2 is 1.86 bits per heavy atom. The molecule has 1 heterocycles. The molecule has 21 heavy (non-hydrogen) atoms. The van der Waals surface area contributed by atoms with E-state index in [1.165, 1.54) is 30.6 Å². The second-order valence-electron chi connectivity index (χ2n) is 4.50. The average Bonchev–Trinajstić information content (AvgIpc) is 2.47. The monoisotopic (exact) mass is 305 g/mol. The minimum absolute atomic E-state index is 0.204. The maximum absolute atomic E-state index is 12.0. The number of sulfone groups is 1. The summed E-state index contributed by atoms with van der Waals surface area (Å²) in [6.45, 7) is 1.94. The molecule has 0 saturated heterocycles. The van der Waals surface area contributed by atoms with E-state index < -0.39 is 9.84 Å². The molecule has 2 aromatic rings. The van der Waals surface area contributed by atoms with E-state index in [1.54, 1.807) is 6.07 Å². The van der Waals surface area contributed by atoms with Crippen LogP contribution in [-0.4, -0.2) is 30.5 Å². The molecule has 1 aromatic carbocycles. The molecule has 0 aliphatic rings. The summed E-state index contributed by atoms with van der Waals surface area (Å²) < 4.78 is 22.7. The number of benzene rings is 1. The molecule has 2 rings (SSSR count). The van der Waals surface area contributed by atoms with Gasteiger partial charge in [0.15, 0.2) is 9.84 Å². The van der Waals surface area contributed by atoms with Crippen LogP contribution in [0.5, 0.6) is 0 Å². The number of anilines is 1. The van der Waals surface area contributed by atoms with Crippen molar-refractivity contribution >= 4 is 21.4 Å². The average molecular weight is 305 g/mol. The van der Waals surface area contributed by atoms with Crippen LogP contribution in [0.15, 0.2) is 41.6 Å². The summed E-state index contributed by atoms with van der Waals surface area (Å²) in [6, 6.07) is 7.59. The van der Waals surface area contributed by atoms with Crippen LogP contribution in [0.3, 0.4) is 0 Å². The number of hydrogen-bond acceptors (Lipinski definition) is 5. The fraction of sp³-hybridized carbons (Fsp3) is 0.214. The van der Waals surface area contributed by atoms with Crippen LogP contribution in [0, 0.1) is 0 Å².